The minimum absolute atomic E-state index is 0.107. The van der Waals surface area contributed by atoms with Gasteiger partial charge in [0.1, 0.15) is 5.82 Å². The number of fused-ring (bicyclic) bond motifs is 1. The Bertz CT molecular complexity index is 1070. The number of rotatable bonds is 8. The molecule has 0 aliphatic rings. The normalized spacial score (nSPS) is 10.9. The zero-order chi connectivity index (χ0) is 19.9. The van der Waals surface area contributed by atoms with Crippen LogP contribution in [0.25, 0.3) is 11.0 Å². The first kappa shape index (κ1) is 18.9. The number of hydrogen-bond donors (Lipinski definition) is 1. The maximum atomic E-state index is 12.2. The number of carbonyl (C=O) groups excluding carboxylic acids is 1. The van der Waals surface area contributed by atoms with Crippen LogP contribution in [0, 0.1) is 0 Å². The van der Waals surface area contributed by atoms with Gasteiger partial charge >= 0.3 is 0 Å². The van der Waals surface area contributed by atoms with E-state index in [0.717, 1.165) is 36.2 Å². The van der Waals surface area contributed by atoms with E-state index in [4.69, 9.17) is 4.98 Å². The molecule has 1 N–H and O–H groups in total. The molecular formula is C24H24N4O. The van der Waals surface area contributed by atoms with Gasteiger partial charge in [-0.2, -0.15) is 0 Å². The van der Waals surface area contributed by atoms with Gasteiger partial charge in [0.2, 0.25) is 0 Å². The number of carbonyl (C=O) groups is 1. The number of benzene rings is 2. The molecule has 0 bridgehead atoms. The lowest BCUT2D eigenvalue weighted by molar-refractivity contribution is 0.0953. The molecule has 0 fully saturated rings. The van der Waals surface area contributed by atoms with E-state index in [1.807, 2.05) is 24.3 Å². The Hall–Kier alpha value is -3.47. The smallest absolute Gasteiger partial charge is 0.252 e. The van der Waals surface area contributed by atoms with Crippen molar-refractivity contribution < 1.29 is 4.79 Å². The van der Waals surface area contributed by atoms with E-state index in [0.29, 0.717) is 18.5 Å². The molecule has 0 saturated heterocycles. The Morgan fingerprint density at radius 2 is 1.76 bits per heavy atom. The third kappa shape index (κ3) is 4.69. The Morgan fingerprint density at radius 3 is 2.59 bits per heavy atom. The summed E-state index contributed by atoms with van der Waals surface area (Å²) in [7, 11) is 0. The number of nitrogens with one attached hydrogen (secondary N) is 1. The first-order valence-corrected chi connectivity index (χ1v) is 9.97. The molecule has 2 aromatic carbocycles. The number of para-hydroxylation sites is 2. The first-order valence-electron chi connectivity index (χ1n) is 9.97. The number of nitrogens with zero attached hydrogens (tertiary/aromatic N) is 3. The quantitative estimate of drug-likeness (QED) is 0.499. The summed E-state index contributed by atoms with van der Waals surface area (Å²) in [6.45, 7) is 1.44. The molecule has 146 valence electrons. The number of amides is 1. The van der Waals surface area contributed by atoms with Crippen molar-refractivity contribution >= 4 is 16.9 Å². The predicted molar refractivity (Wildman–Crippen MR) is 115 cm³/mol. The van der Waals surface area contributed by atoms with E-state index >= 15 is 0 Å². The fourth-order valence-corrected chi connectivity index (χ4v) is 3.54. The molecule has 0 unspecified atom stereocenters. The van der Waals surface area contributed by atoms with Crippen LogP contribution in [0.3, 0.4) is 0 Å². The van der Waals surface area contributed by atoms with Crippen molar-refractivity contribution in [3.63, 3.8) is 0 Å². The van der Waals surface area contributed by atoms with E-state index < -0.39 is 0 Å². The van der Waals surface area contributed by atoms with Crippen LogP contribution in [0.1, 0.15) is 28.2 Å². The molecule has 0 saturated carbocycles. The summed E-state index contributed by atoms with van der Waals surface area (Å²) in [5.74, 6) is 0.899. The highest BCUT2D eigenvalue weighted by molar-refractivity contribution is 5.93. The van der Waals surface area contributed by atoms with Gasteiger partial charge < -0.3 is 9.88 Å². The molecule has 4 rings (SSSR count). The topological polar surface area (TPSA) is 59.8 Å². The van der Waals surface area contributed by atoms with Crippen molar-refractivity contribution in [3.8, 4) is 0 Å². The van der Waals surface area contributed by atoms with Crippen molar-refractivity contribution in [1.82, 2.24) is 19.9 Å². The fourth-order valence-electron chi connectivity index (χ4n) is 3.54. The van der Waals surface area contributed by atoms with Crippen molar-refractivity contribution in [2.45, 2.75) is 25.8 Å². The highest BCUT2D eigenvalue weighted by atomic mass is 16.1. The molecule has 1 amide bonds. The number of pyridine rings is 1. The Morgan fingerprint density at radius 1 is 0.931 bits per heavy atom. The lowest BCUT2D eigenvalue weighted by atomic mass is 10.1. The van der Waals surface area contributed by atoms with Gasteiger partial charge in [0.15, 0.2) is 0 Å². The van der Waals surface area contributed by atoms with Gasteiger partial charge in [-0.05, 0) is 42.7 Å². The summed E-state index contributed by atoms with van der Waals surface area (Å²) in [5.41, 5.74) is 4.07. The van der Waals surface area contributed by atoms with Crippen molar-refractivity contribution in [2.75, 3.05) is 6.54 Å². The molecule has 29 heavy (non-hydrogen) atoms. The van der Waals surface area contributed by atoms with Crippen molar-refractivity contribution in [2.24, 2.45) is 0 Å². The summed E-state index contributed by atoms with van der Waals surface area (Å²) in [6.07, 6.45) is 6.00. The Kier molecular flexibility index (Phi) is 5.95. The van der Waals surface area contributed by atoms with Crippen LogP contribution in [-0.2, 0) is 19.4 Å². The zero-order valence-corrected chi connectivity index (χ0v) is 16.3. The molecule has 2 heterocycles. The minimum atomic E-state index is -0.107. The molecule has 0 radical (unpaired) electrons. The lowest BCUT2D eigenvalue weighted by Crippen LogP contribution is -2.26. The van der Waals surface area contributed by atoms with Gasteiger partial charge in [-0.1, -0.05) is 42.5 Å². The van der Waals surface area contributed by atoms with E-state index in [1.165, 1.54) is 5.56 Å². The monoisotopic (exact) mass is 384 g/mol. The Balaban J connectivity index is 1.42. The standard InChI is InChI=1S/C24H24N4O/c29-24(20-11-6-15-25-18-20)26-16-14-23-27-21-12-4-5-13-22(21)28(23)17-7-10-19-8-2-1-3-9-19/h1-6,8-9,11-13,15,18H,7,10,14,16-17H2,(H,26,29). The number of aromatic nitrogens is 3. The highest BCUT2D eigenvalue weighted by Crippen LogP contribution is 2.17. The van der Waals surface area contributed by atoms with Crippen LogP contribution in [-0.4, -0.2) is 27.0 Å². The second-order valence-electron chi connectivity index (χ2n) is 7.01. The molecule has 5 heteroatoms. The third-order valence-corrected chi connectivity index (χ3v) is 4.98. The number of aryl methyl sites for hydroxylation is 2. The van der Waals surface area contributed by atoms with Gasteiger partial charge in [0, 0.05) is 31.9 Å². The largest absolute Gasteiger partial charge is 0.352 e. The SMILES string of the molecule is O=C(NCCc1nc2ccccc2n1CCCc1ccccc1)c1cccnc1. The van der Waals surface area contributed by atoms with Crippen LogP contribution < -0.4 is 5.32 Å². The van der Waals surface area contributed by atoms with Crippen LogP contribution in [0.4, 0.5) is 0 Å². The van der Waals surface area contributed by atoms with Crippen LogP contribution >= 0.6 is 0 Å². The highest BCUT2D eigenvalue weighted by Gasteiger charge is 2.11. The summed E-state index contributed by atoms with van der Waals surface area (Å²) in [4.78, 5) is 21.0. The third-order valence-electron chi connectivity index (χ3n) is 4.98. The van der Waals surface area contributed by atoms with E-state index in [9.17, 15) is 4.79 Å². The van der Waals surface area contributed by atoms with Crippen molar-refractivity contribution in [1.29, 1.82) is 0 Å². The summed E-state index contributed by atoms with van der Waals surface area (Å²) >= 11 is 0. The molecule has 0 atom stereocenters. The van der Waals surface area contributed by atoms with E-state index in [1.54, 1.807) is 24.5 Å². The summed E-state index contributed by atoms with van der Waals surface area (Å²) in [5, 5.41) is 2.97. The van der Waals surface area contributed by atoms with E-state index in [2.05, 4.69) is 45.2 Å². The second-order valence-corrected chi connectivity index (χ2v) is 7.01. The molecule has 2 aromatic heterocycles. The van der Waals surface area contributed by atoms with Crippen LogP contribution in [0.5, 0.6) is 0 Å². The molecule has 0 aliphatic carbocycles. The summed E-state index contributed by atoms with van der Waals surface area (Å²) in [6, 6.07) is 22.3. The lowest BCUT2D eigenvalue weighted by Gasteiger charge is -2.10. The van der Waals surface area contributed by atoms with Gasteiger partial charge in [0.05, 0.1) is 16.6 Å². The van der Waals surface area contributed by atoms with Gasteiger partial charge in [-0.15, -0.1) is 0 Å². The average Bonchev–Trinajstić information content (AvgIpc) is 3.12. The molecular weight excluding hydrogens is 360 g/mol. The van der Waals surface area contributed by atoms with Gasteiger partial charge in [-0.25, -0.2) is 4.98 Å². The maximum Gasteiger partial charge on any atom is 0.252 e. The average molecular weight is 384 g/mol. The molecule has 5 nitrogen and oxygen atoms in total. The predicted octanol–water partition coefficient (Wildman–Crippen LogP) is 4.04. The second kappa shape index (κ2) is 9.15. The number of hydrogen-bond acceptors (Lipinski definition) is 3. The van der Waals surface area contributed by atoms with Crippen molar-refractivity contribution in [3.05, 3.63) is 96.1 Å². The zero-order valence-electron chi connectivity index (χ0n) is 16.3. The first-order chi connectivity index (χ1) is 14.3. The van der Waals surface area contributed by atoms with Gasteiger partial charge in [-0.3, -0.25) is 9.78 Å². The maximum absolute atomic E-state index is 12.2. The summed E-state index contributed by atoms with van der Waals surface area (Å²) < 4.78 is 2.29. The molecule has 4 aromatic rings. The van der Waals surface area contributed by atoms with E-state index in [-0.39, 0.29) is 5.91 Å². The minimum Gasteiger partial charge on any atom is -0.352 e. The Labute approximate surface area is 170 Å². The van der Waals surface area contributed by atoms with Gasteiger partial charge in [0.25, 0.3) is 5.91 Å². The molecule has 0 spiro atoms. The fraction of sp³-hybridized carbons (Fsp3) is 0.208. The molecule has 0 aliphatic heterocycles. The number of imidazole rings is 1. The van der Waals surface area contributed by atoms with Crippen LogP contribution in [0.2, 0.25) is 0 Å². The van der Waals surface area contributed by atoms with Crippen LogP contribution in [0.15, 0.2) is 79.1 Å².